The quantitative estimate of drug-likeness (QED) is 0.244. The first-order valence-corrected chi connectivity index (χ1v) is 4.54. The van der Waals surface area contributed by atoms with E-state index in [4.69, 9.17) is 39.0 Å². The van der Waals surface area contributed by atoms with E-state index in [1.165, 1.54) is 0 Å². The Morgan fingerprint density at radius 2 is 0.846 bits per heavy atom. The Morgan fingerprint density at radius 3 is 0.846 bits per heavy atom. The minimum absolute atomic E-state index is 0.833. The van der Waals surface area contributed by atoms with Gasteiger partial charge < -0.3 is 29.4 Å². The number of carbonyl (C=O) groups is 2. The van der Waals surface area contributed by atoms with Crippen LogP contribution in [0.4, 0.5) is 0 Å². The molecule has 0 aliphatic carbocycles. The van der Waals surface area contributed by atoms with Gasteiger partial charge in [0, 0.05) is 13.8 Å². The van der Waals surface area contributed by atoms with Crippen molar-refractivity contribution in [3.8, 4) is 0 Å². The van der Waals surface area contributed by atoms with Gasteiger partial charge in [-0.05, 0) is 0 Å². The Labute approximate surface area is 74.8 Å². The molecule has 0 aromatic carbocycles. The van der Waals surface area contributed by atoms with Crippen LogP contribution in [0.5, 0.6) is 0 Å². The maximum Gasteiger partial charge on any atom is 0.668 e. The average Bonchev–Trinajstić information content (AvgIpc) is 1.50. The summed E-state index contributed by atoms with van der Waals surface area (Å²) >= 11 is 0. The predicted octanol–water partition coefficient (Wildman–Crippen LogP) is -2.43. The molecule has 0 saturated heterocycles. The predicted molar refractivity (Wildman–Crippen MR) is 41.2 cm³/mol. The summed E-state index contributed by atoms with van der Waals surface area (Å²) in [6, 6.07) is 0. The van der Waals surface area contributed by atoms with Crippen molar-refractivity contribution in [3.63, 3.8) is 0 Å². The molecule has 0 radical (unpaired) electrons. The van der Waals surface area contributed by atoms with Gasteiger partial charge in [-0.25, -0.2) is 0 Å². The monoisotopic (exact) mass is 216 g/mol. The molecule has 0 amide bonds. The maximum absolute atomic E-state index is 9.00. The zero-order chi connectivity index (χ0) is 11.7. The SMILES string of the molecule is CC(=O)O.CC(=O)O.O[Si](O)(O)O. The highest BCUT2D eigenvalue weighted by Crippen LogP contribution is 1.67. The fraction of sp³-hybridized carbons (Fsp3) is 0.500. The number of hydrogen-bond acceptors (Lipinski definition) is 6. The van der Waals surface area contributed by atoms with E-state index in [1.54, 1.807) is 0 Å². The minimum atomic E-state index is -4.61. The summed E-state index contributed by atoms with van der Waals surface area (Å²) in [4.78, 5) is 47.3. The molecule has 0 spiro atoms. The summed E-state index contributed by atoms with van der Waals surface area (Å²) in [5, 5.41) is 14.8. The van der Waals surface area contributed by atoms with E-state index in [1.807, 2.05) is 0 Å². The average molecular weight is 216 g/mol. The lowest BCUT2D eigenvalue weighted by Gasteiger charge is -1.91. The number of carboxylic acid groups (broad SMARTS) is 2. The molecule has 13 heavy (non-hydrogen) atoms. The summed E-state index contributed by atoms with van der Waals surface area (Å²) in [5.41, 5.74) is 0. The Hall–Kier alpha value is -1.00. The van der Waals surface area contributed by atoms with Crippen LogP contribution >= 0.6 is 0 Å². The van der Waals surface area contributed by atoms with Gasteiger partial charge in [0.1, 0.15) is 0 Å². The number of rotatable bonds is 0. The van der Waals surface area contributed by atoms with Crippen LogP contribution in [-0.4, -0.2) is 50.4 Å². The van der Waals surface area contributed by atoms with Gasteiger partial charge in [0.15, 0.2) is 0 Å². The largest absolute Gasteiger partial charge is 0.668 e. The molecule has 0 heterocycles. The number of aliphatic carboxylic acids is 2. The Kier molecular flexibility index (Phi) is 12.5. The fourth-order valence-corrected chi connectivity index (χ4v) is 0. The first-order chi connectivity index (χ1) is 5.46. The molecule has 0 aromatic rings. The lowest BCUT2D eigenvalue weighted by atomic mass is 10.9. The Balaban J connectivity index is -0.000000117. The minimum Gasteiger partial charge on any atom is -0.481 e. The molecule has 9 heteroatoms. The highest BCUT2D eigenvalue weighted by molar-refractivity contribution is 6.46. The highest BCUT2D eigenvalue weighted by atomic mass is 28.4. The second-order valence-corrected chi connectivity index (χ2v) is 2.84. The van der Waals surface area contributed by atoms with Gasteiger partial charge in [-0.15, -0.1) is 0 Å². The van der Waals surface area contributed by atoms with Crippen LogP contribution in [-0.2, 0) is 9.59 Å². The molecule has 0 aliphatic rings. The first-order valence-electron chi connectivity index (χ1n) is 2.75. The van der Waals surface area contributed by atoms with Crippen molar-refractivity contribution in [2.45, 2.75) is 13.8 Å². The first kappa shape index (κ1) is 17.9. The highest BCUT2D eigenvalue weighted by Gasteiger charge is 2.22. The molecule has 0 saturated carbocycles. The van der Waals surface area contributed by atoms with Crippen LogP contribution in [0.1, 0.15) is 13.8 Å². The molecule has 0 bridgehead atoms. The topological polar surface area (TPSA) is 156 Å². The smallest absolute Gasteiger partial charge is 0.481 e. The van der Waals surface area contributed by atoms with E-state index < -0.39 is 21.0 Å². The molecular weight excluding hydrogens is 204 g/mol. The van der Waals surface area contributed by atoms with Crippen LogP contribution in [0.15, 0.2) is 0 Å². The van der Waals surface area contributed by atoms with E-state index in [2.05, 4.69) is 0 Å². The van der Waals surface area contributed by atoms with Crippen molar-refractivity contribution in [3.05, 3.63) is 0 Å². The van der Waals surface area contributed by atoms with Gasteiger partial charge >= 0.3 is 9.05 Å². The van der Waals surface area contributed by atoms with E-state index >= 15 is 0 Å². The van der Waals surface area contributed by atoms with E-state index in [0.29, 0.717) is 0 Å². The van der Waals surface area contributed by atoms with Gasteiger partial charge in [0.2, 0.25) is 0 Å². The summed E-state index contributed by atoms with van der Waals surface area (Å²) in [6.45, 7) is 2.17. The third-order valence-electron chi connectivity index (χ3n) is 0. The molecule has 0 unspecified atom stereocenters. The second-order valence-electron chi connectivity index (χ2n) is 1.64. The van der Waals surface area contributed by atoms with Crippen LogP contribution in [0.2, 0.25) is 0 Å². The van der Waals surface area contributed by atoms with Crippen molar-refractivity contribution in [2.24, 2.45) is 0 Å². The standard InChI is InChI=1S/2C2H4O2.H4O4Si/c2*1-2(3)4;1-5(2,3)4/h2*1H3,(H,3,4);1-4H. The third-order valence-corrected chi connectivity index (χ3v) is 0. The molecule has 0 aromatic heterocycles. The molecule has 0 rings (SSSR count). The molecule has 80 valence electrons. The fourth-order valence-electron chi connectivity index (χ4n) is 0. The Bertz CT molecular complexity index is 123. The zero-order valence-corrected chi connectivity index (χ0v) is 8.00. The van der Waals surface area contributed by atoms with Crippen LogP contribution in [0, 0.1) is 0 Å². The second kappa shape index (κ2) is 9.09. The molecule has 6 N–H and O–H groups in total. The van der Waals surface area contributed by atoms with Gasteiger partial charge in [-0.1, -0.05) is 0 Å². The molecule has 8 nitrogen and oxygen atoms in total. The van der Waals surface area contributed by atoms with Crippen molar-refractivity contribution < 1.29 is 39.0 Å². The number of carboxylic acids is 2. The van der Waals surface area contributed by atoms with Crippen LogP contribution in [0.3, 0.4) is 0 Å². The summed E-state index contributed by atoms with van der Waals surface area (Å²) in [5.74, 6) is -1.67. The summed E-state index contributed by atoms with van der Waals surface area (Å²) in [7, 11) is -4.61. The van der Waals surface area contributed by atoms with Gasteiger partial charge in [-0.2, -0.15) is 0 Å². The van der Waals surface area contributed by atoms with Gasteiger partial charge in [0.25, 0.3) is 11.9 Å². The van der Waals surface area contributed by atoms with Crippen LogP contribution < -0.4 is 0 Å². The normalized spacial score (nSPS) is 8.46. The Morgan fingerprint density at radius 1 is 0.846 bits per heavy atom. The molecule has 0 aliphatic heterocycles. The van der Waals surface area contributed by atoms with Gasteiger partial charge in [0.05, 0.1) is 0 Å². The van der Waals surface area contributed by atoms with E-state index in [-0.39, 0.29) is 0 Å². The van der Waals surface area contributed by atoms with Gasteiger partial charge in [-0.3, -0.25) is 9.59 Å². The summed E-state index contributed by atoms with van der Waals surface area (Å²) in [6.07, 6.45) is 0. The lowest BCUT2D eigenvalue weighted by molar-refractivity contribution is -0.135. The number of hydrogen-bond donors (Lipinski definition) is 6. The molecule has 0 fully saturated rings. The van der Waals surface area contributed by atoms with Crippen molar-refractivity contribution in [1.82, 2.24) is 0 Å². The lowest BCUT2D eigenvalue weighted by Crippen LogP contribution is -2.33. The van der Waals surface area contributed by atoms with Crippen molar-refractivity contribution >= 4 is 21.0 Å². The van der Waals surface area contributed by atoms with E-state index in [0.717, 1.165) is 13.8 Å². The zero-order valence-electron chi connectivity index (χ0n) is 7.00. The molecule has 0 atom stereocenters. The van der Waals surface area contributed by atoms with Crippen molar-refractivity contribution in [2.75, 3.05) is 0 Å². The van der Waals surface area contributed by atoms with Crippen LogP contribution in [0.25, 0.3) is 0 Å². The van der Waals surface area contributed by atoms with Crippen molar-refractivity contribution in [1.29, 1.82) is 0 Å². The maximum atomic E-state index is 9.00. The molecular formula is C4H12O8Si. The third kappa shape index (κ3) is 885. The van der Waals surface area contributed by atoms with E-state index in [9.17, 15) is 0 Å². The summed E-state index contributed by atoms with van der Waals surface area (Å²) < 4.78 is 0.